The molecule has 2 amide bonds. The van der Waals surface area contributed by atoms with Crippen molar-refractivity contribution in [1.29, 1.82) is 0 Å². The largest absolute Gasteiger partial charge is 0.416 e. The van der Waals surface area contributed by atoms with Gasteiger partial charge in [0.1, 0.15) is 5.82 Å². The Kier molecular flexibility index (Phi) is 8.10. The SMILES string of the molecule is CC1=NC(C)Cc2cncc(-c3ccc(NC(=O)Nc4ccc(CN5CCN(C)CC5)c(C(F)(F)F)c4)c(F)c3)c21. The van der Waals surface area contributed by atoms with Crippen molar-refractivity contribution in [2.45, 2.75) is 39.0 Å². The molecule has 3 heterocycles. The molecule has 0 saturated carbocycles. The van der Waals surface area contributed by atoms with E-state index in [2.05, 4.69) is 25.5 Å². The third kappa shape index (κ3) is 6.57. The lowest BCUT2D eigenvalue weighted by atomic mass is 9.90. The molecule has 1 aromatic heterocycles. The third-order valence-electron chi connectivity index (χ3n) is 7.51. The maximum Gasteiger partial charge on any atom is 0.416 e. The number of carbonyl (C=O) groups excluding carboxylic acids is 1. The minimum atomic E-state index is -4.59. The normalized spacial score (nSPS) is 18.0. The summed E-state index contributed by atoms with van der Waals surface area (Å²) in [4.78, 5) is 25.7. The number of carbonyl (C=O) groups is 1. The van der Waals surface area contributed by atoms with E-state index < -0.39 is 23.6 Å². The monoisotopic (exact) mass is 568 g/mol. The molecule has 0 spiro atoms. The fourth-order valence-corrected chi connectivity index (χ4v) is 5.44. The number of piperazine rings is 1. The highest BCUT2D eigenvalue weighted by Gasteiger charge is 2.34. The van der Waals surface area contributed by atoms with E-state index in [9.17, 15) is 18.0 Å². The van der Waals surface area contributed by atoms with E-state index in [-0.39, 0.29) is 29.5 Å². The molecule has 2 aromatic carbocycles. The highest BCUT2D eigenvalue weighted by Crippen LogP contribution is 2.35. The first-order valence-electron chi connectivity index (χ1n) is 13.5. The van der Waals surface area contributed by atoms with Crippen LogP contribution < -0.4 is 10.6 Å². The molecule has 1 unspecified atom stereocenters. The van der Waals surface area contributed by atoms with Crippen LogP contribution in [-0.2, 0) is 19.1 Å². The van der Waals surface area contributed by atoms with Gasteiger partial charge < -0.3 is 15.5 Å². The predicted octanol–water partition coefficient (Wildman–Crippen LogP) is 6.05. The standard InChI is InChI=1S/C30H32F4N6O/c1-18-12-22-15-35-16-24(28(22)19(2)36-18)20-5-7-27(26(31)13-20)38-29(41)37-23-6-4-21(25(14-23)30(32,33)34)17-40-10-8-39(3)9-11-40/h4-7,13-16,18H,8-12,17H2,1-3H3,(H2,37,38,41). The molecule has 41 heavy (non-hydrogen) atoms. The zero-order valence-electron chi connectivity index (χ0n) is 23.1. The Morgan fingerprint density at radius 2 is 1.80 bits per heavy atom. The number of aliphatic imine (C=N–C) groups is 1. The molecule has 7 nitrogen and oxygen atoms in total. The number of likely N-dealkylation sites (N-methyl/N-ethyl adjacent to an activating group) is 1. The van der Waals surface area contributed by atoms with E-state index in [1.54, 1.807) is 18.5 Å². The average Bonchev–Trinajstić information content (AvgIpc) is 2.91. The lowest BCUT2D eigenvalue weighted by molar-refractivity contribution is -0.138. The maximum atomic E-state index is 15.1. The van der Waals surface area contributed by atoms with Crippen LogP contribution in [0.3, 0.4) is 0 Å². The van der Waals surface area contributed by atoms with E-state index in [1.165, 1.54) is 24.3 Å². The number of rotatable bonds is 5. The highest BCUT2D eigenvalue weighted by molar-refractivity contribution is 6.06. The molecule has 0 aliphatic carbocycles. The number of fused-ring (bicyclic) bond motifs is 1. The molecule has 2 aliphatic heterocycles. The first-order chi connectivity index (χ1) is 19.5. The number of aromatic nitrogens is 1. The van der Waals surface area contributed by atoms with Gasteiger partial charge in [0.2, 0.25) is 0 Å². The second-order valence-electron chi connectivity index (χ2n) is 10.7. The number of benzene rings is 2. The number of alkyl halides is 3. The first-order valence-corrected chi connectivity index (χ1v) is 13.5. The minimum Gasteiger partial charge on any atom is -0.308 e. The van der Waals surface area contributed by atoms with E-state index >= 15 is 4.39 Å². The van der Waals surface area contributed by atoms with Crippen molar-refractivity contribution in [2.24, 2.45) is 4.99 Å². The Balaban J connectivity index is 1.30. The average molecular weight is 569 g/mol. The Labute approximate surface area is 236 Å². The smallest absolute Gasteiger partial charge is 0.308 e. The molecule has 0 bridgehead atoms. The summed E-state index contributed by atoms with van der Waals surface area (Å²) in [6.45, 7) is 7.03. The number of anilines is 2. The van der Waals surface area contributed by atoms with Crippen LogP contribution in [0.15, 0.2) is 53.8 Å². The molecule has 5 rings (SSSR count). The number of hydrogen-bond acceptors (Lipinski definition) is 5. The fraction of sp³-hybridized carbons (Fsp3) is 0.367. The highest BCUT2D eigenvalue weighted by atomic mass is 19.4. The molecular weight excluding hydrogens is 536 g/mol. The van der Waals surface area contributed by atoms with Gasteiger partial charge in [-0.3, -0.25) is 14.9 Å². The minimum absolute atomic E-state index is 0.0417. The number of nitrogens with zero attached hydrogens (tertiary/aromatic N) is 4. The fourth-order valence-electron chi connectivity index (χ4n) is 5.44. The van der Waals surface area contributed by atoms with Crippen LogP contribution in [0.1, 0.15) is 36.1 Å². The Bertz CT molecular complexity index is 1480. The van der Waals surface area contributed by atoms with Crippen LogP contribution in [0, 0.1) is 5.82 Å². The van der Waals surface area contributed by atoms with E-state index in [4.69, 9.17) is 0 Å². The number of amides is 2. The van der Waals surface area contributed by atoms with Crippen molar-refractivity contribution >= 4 is 23.1 Å². The summed E-state index contributed by atoms with van der Waals surface area (Å²) in [5.74, 6) is -0.687. The molecule has 1 fully saturated rings. The van der Waals surface area contributed by atoms with Gasteiger partial charge in [0.15, 0.2) is 0 Å². The van der Waals surface area contributed by atoms with Crippen molar-refractivity contribution in [2.75, 3.05) is 43.9 Å². The van der Waals surface area contributed by atoms with Crippen LogP contribution in [0.4, 0.5) is 33.7 Å². The number of pyridine rings is 1. The summed E-state index contributed by atoms with van der Waals surface area (Å²) >= 11 is 0. The summed E-state index contributed by atoms with van der Waals surface area (Å²) < 4.78 is 56.8. The molecule has 3 aromatic rings. The van der Waals surface area contributed by atoms with Gasteiger partial charge in [0.05, 0.1) is 17.3 Å². The molecule has 216 valence electrons. The zero-order valence-corrected chi connectivity index (χ0v) is 23.1. The van der Waals surface area contributed by atoms with Gasteiger partial charge in [0.25, 0.3) is 0 Å². The lowest BCUT2D eigenvalue weighted by Crippen LogP contribution is -2.44. The Hall–Kier alpha value is -3.83. The molecular formula is C30H32F4N6O. The van der Waals surface area contributed by atoms with Crippen molar-refractivity contribution < 1.29 is 22.4 Å². The van der Waals surface area contributed by atoms with E-state index in [0.29, 0.717) is 18.7 Å². The molecule has 11 heteroatoms. The van der Waals surface area contributed by atoms with Crippen LogP contribution in [0.2, 0.25) is 0 Å². The number of hydrogen-bond donors (Lipinski definition) is 2. The molecule has 2 N–H and O–H groups in total. The topological polar surface area (TPSA) is 72.9 Å². The summed E-state index contributed by atoms with van der Waals surface area (Å²) in [6.07, 6.45) is -0.394. The lowest BCUT2D eigenvalue weighted by Gasteiger charge is -2.33. The second-order valence-corrected chi connectivity index (χ2v) is 10.7. The summed E-state index contributed by atoms with van der Waals surface area (Å²) in [5, 5.41) is 4.80. The van der Waals surface area contributed by atoms with Crippen molar-refractivity contribution in [3.63, 3.8) is 0 Å². The van der Waals surface area contributed by atoms with Crippen molar-refractivity contribution in [3.8, 4) is 11.1 Å². The number of nitrogens with one attached hydrogen (secondary N) is 2. The van der Waals surface area contributed by atoms with Gasteiger partial charge in [-0.2, -0.15) is 13.2 Å². The summed E-state index contributed by atoms with van der Waals surface area (Å²) in [6, 6.07) is 7.39. The maximum absolute atomic E-state index is 15.1. The number of halogens is 4. The van der Waals surface area contributed by atoms with Gasteiger partial charge in [0, 0.05) is 67.6 Å². The van der Waals surface area contributed by atoms with Crippen LogP contribution >= 0.6 is 0 Å². The van der Waals surface area contributed by atoms with Crippen molar-refractivity contribution in [1.82, 2.24) is 14.8 Å². The molecule has 1 atom stereocenters. The van der Waals surface area contributed by atoms with Gasteiger partial charge in [-0.15, -0.1) is 0 Å². The van der Waals surface area contributed by atoms with Crippen LogP contribution in [-0.4, -0.2) is 65.8 Å². The van der Waals surface area contributed by atoms with Gasteiger partial charge in [-0.25, -0.2) is 9.18 Å². The van der Waals surface area contributed by atoms with E-state index in [1.807, 2.05) is 25.8 Å². The van der Waals surface area contributed by atoms with E-state index in [0.717, 1.165) is 48.0 Å². The summed E-state index contributed by atoms with van der Waals surface area (Å²) in [5.41, 5.74) is 3.32. The Morgan fingerprint density at radius 3 is 2.51 bits per heavy atom. The van der Waals surface area contributed by atoms with Crippen LogP contribution in [0.5, 0.6) is 0 Å². The summed E-state index contributed by atoms with van der Waals surface area (Å²) in [7, 11) is 1.98. The second kappa shape index (κ2) is 11.6. The molecule has 1 saturated heterocycles. The first kappa shape index (κ1) is 28.7. The number of urea groups is 1. The molecule has 0 radical (unpaired) electrons. The predicted molar refractivity (Wildman–Crippen MR) is 152 cm³/mol. The van der Waals surface area contributed by atoms with Gasteiger partial charge in [-0.05, 0) is 68.3 Å². The quantitative estimate of drug-likeness (QED) is 0.368. The van der Waals surface area contributed by atoms with Crippen LogP contribution in [0.25, 0.3) is 11.1 Å². The zero-order chi connectivity index (χ0) is 29.3. The third-order valence-corrected chi connectivity index (χ3v) is 7.51. The van der Waals surface area contributed by atoms with Gasteiger partial charge in [-0.1, -0.05) is 12.1 Å². The molecule has 2 aliphatic rings. The van der Waals surface area contributed by atoms with Crippen molar-refractivity contribution in [3.05, 3.63) is 76.9 Å². The Morgan fingerprint density at radius 1 is 1.05 bits per heavy atom. The van der Waals surface area contributed by atoms with Gasteiger partial charge >= 0.3 is 12.2 Å².